The van der Waals surface area contributed by atoms with Crippen LogP contribution in [0.25, 0.3) is 0 Å². The summed E-state index contributed by atoms with van der Waals surface area (Å²) in [5.41, 5.74) is 0. The zero-order valence-electron chi connectivity index (χ0n) is 8.64. The molecule has 2 saturated heterocycles. The van der Waals surface area contributed by atoms with Crippen LogP contribution < -0.4 is 5.32 Å². The van der Waals surface area contributed by atoms with E-state index >= 15 is 0 Å². The highest BCUT2D eigenvalue weighted by molar-refractivity contribution is 5.86. The molecule has 1 unspecified atom stereocenters. The Kier molecular flexibility index (Phi) is 2.52. The van der Waals surface area contributed by atoms with Crippen molar-refractivity contribution in [2.75, 3.05) is 26.2 Å². The Morgan fingerprint density at radius 1 is 1.60 bits per heavy atom. The minimum absolute atomic E-state index is 0.00134. The summed E-state index contributed by atoms with van der Waals surface area (Å²) in [6.07, 6.45) is -1.01. The smallest absolute Gasteiger partial charge is 0.408 e. The van der Waals surface area contributed by atoms with Crippen LogP contribution in [0.4, 0.5) is 4.79 Å². The number of nitrogens with zero attached hydrogens (tertiary/aromatic N) is 2. The molecular weight excluding hydrogens is 198 g/mol. The molecule has 0 spiro atoms. The first-order valence-electron chi connectivity index (χ1n) is 5.12. The molecule has 0 aliphatic carbocycles. The van der Waals surface area contributed by atoms with Gasteiger partial charge in [0.2, 0.25) is 5.91 Å². The third kappa shape index (κ3) is 1.65. The van der Waals surface area contributed by atoms with Crippen LogP contribution in [0, 0.1) is 0 Å². The van der Waals surface area contributed by atoms with E-state index in [0.29, 0.717) is 19.6 Å². The Balaban J connectivity index is 2.17. The first kappa shape index (κ1) is 10.2. The van der Waals surface area contributed by atoms with Gasteiger partial charge < -0.3 is 15.3 Å². The van der Waals surface area contributed by atoms with E-state index in [-0.39, 0.29) is 11.9 Å². The van der Waals surface area contributed by atoms with E-state index in [1.54, 1.807) is 11.8 Å². The van der Waals surface area contributed by atoms with Crippen LogP contribution >= 0.6 is 0 Å². The molecule has 2 atom stereocenters. The molecule has 2 heterocycles. The Labute approximate surface area is 87.8 Å². The van der Waals surface area contributed by atoms with E-state index in [9.17, 15) is 9.59 Å². The monoisotopic (exact) mass is 213 g/mol. The fourth-order valence-electron chi connectivity index (χ4n) is 2.22. The molecule has 2 rings (SSSR count). The number of nitrogens with one attached hydrogen (secondary N) is 1. The van der Waals surface area contributed by atoms with E-state index in [2.05, 4.69) is 5.32 Å². The number of rotatable bonds is 0. The van der Waals surface area contributed by atoms with Gasteiger partial charge in [-0.1, -0.05) is 0 Å². The lowest BCUT2D eigenvalue weighted by Crippen LogP contribution is -2.67. The van der Waals surface area contributed by atoms with Crippen LogP contribution in [-0.4, -0.2) is 65.2 Å². The van der Waals surface area contributed by atoms with Crippen molar-refractivity contribution in [3.8, 4) is 0 Å². The molecule has 0 bridgehead atoms. The second kappa shape index (κ2) is 3.69. The lowest BCUT2D eigenvalue weighted by Gasteiger charge is -2.45. The van der Waals surface area contributed by atoms with Gasteiger partial charge in [-0.3, -0.25) is 9.69 Å². The van der Waals surface area contributed by atoms with Crippen molar-refractivity contribution in [2.24, 2.45) is 0 Å². The summed E-state index contributed by atoms with van der Waals surface area (Å²) in [5, 5.41) is 12.1. The summed E-state index contributed by atoms with van der Waals surface area (Å²) in [5.74, 6) is -0.0739. The number of hydrogen-bond acceptors (Lipinski definition) is 3. The summed E-state index contributed by atoms with van der Waals surface area (Å²) in [6, 6.07) is -0.546. The summed E-state index contributed by atoms with van der Waals surface area (Å²) in [4.78, 5) is 25.8. The molecule has 15 heavy (non-hydrogen) atoms. The fourth-order valence-corrected chi connectivity index (χ4v) is 2.22. The number of carbonyl (C=O) groups excluding carboxylic acids is 1. The molecule has 2 aliphatic rings. The maximum atomic E-state index is 11.9. The minimum atomic E-state index is -1.01. The van der Waals surface area contributed by atoms with Crippen molar-refractivity contribution < 1.29 is 14.7 Å². The fraction of sp³-hybridized carbons (Fsp3) is 0.778. The van der Waals surface area contributed by atoms with E-state index in [1.165, 1.54) is 4.90 Å². The van der Waals surface area contributed by atoms with Crippen molar-refractivity contribution in [2.45, 2.75) is 19.0 Å². The molecule has 0 saturated carbocycles. The highest BCUT2D eigenvalue weighted by atomic mass is 16.4. The average Bonchev–Trinajstić information content (AvgIpc) is 2.23. The number of fused-ring (bicyclic) bond motifs is 1. The first-order chi connectivity index (χ1) is 7.11. The number of carboxylic acid groups (broad SMARTS) is 1. The van der Waals surface area contributed by atoms with Gasteiger partial charge in [0, 0.05) is 26.2 Å². The van der Waals surface area contributed by atoms with E-state index in [1.807, 2.05) is 0 Å². The van der Waals surface area contributed by atoms with Crippen molar-refractivity contribution in [1.29, 1.82) is 0 Å². The average molecular weight is 213 g/mol. The van der Waals surface area contributed by atoms with Gasteiger partial charge in [-0.15, -0.1) is 0 Å². The zero-order chi connectivity index (χ0) is 11.0. The highest BCUT2D eigenvalue weighted by Crippen LogP contribution is 2.17. The molecule has 2 amide bonds. The second-order valence-electron chi connectivity index (χ2n) is 4.00. The first-order valence-corrected chi connectivity index (χ1v) is 5.12. The van der Waals surface area contributed by atoms with Crippen molar-refractivity contribution >= 4 is 12.0 Å². The molecule has 0 aromatic rings. The molecule has 2 N–H and O–H groups in total. The van der Waals surface area contributed by atoms with Gasteiger partial charge in [-0.2, -0.15) is 0 Å². The SMILES string of the molecule is C[C@H]1C(=O)N2CCNCC2CN1C(=O)O. The molecule has 84 valence electrons. The van der Waals surface area contributed by atoms with Gasteiger partial charge in [-0.05, 0) is 6.92 Å². The van der Waals surface area contributed by atoms with Crippen LogP contribution in [-0.2, 0) is 4.79 Å². The number of piperazine rings is 2. The zero-order valence-corrected chi connectivity index (χ0v) is 8.64. The third-order valence-corrected chi connectivity index (χ3v) is 3.11. The van der Waals surface area contributed by atoms with Crippen LogP contribution in [0.5, 0.6) is 0 Å². The van der Waals surface area contributed by atoms with Gasteiger partial charge in [0.1, 0.15) is 6.04 Å². The Morgan fingerprint density at radius 2 is 2.33 bits per heavy atom. The quantitative estimate of drug-likeness (QED) is 0.551. The van der Waals surface area contributed by atoms with Crippen molar-refractivity contribution in [3.63, 3.8) is 0 Å². The van der Waals surface area contributed by atoms with Gasteiger partial charge in [0.15, 0.2) is 0 Å². The maximum Gasteiger partial charge on any atom is 0.408 e. The van der Waals surface area contributed by atoms with E-state index < -0.39 is 12.1 Å². The molecule has 6 nitrogen and oxygen atoms in total. The van der Waals surface area contributed by atoms with Gasteiger partial charge in [-0.25, -0.2) is 4.79 Å². The molecule has 0 aromatic heterocycles. The molecule has 2 aliphatic heterocycles. The lowest BCUT2D eigenvalue weighted by atomic mass is 10.1. The highest BCUT2D eigenvalue weighted by Gasteiger charge is 2.40. The normalized spacial score (nSPS) is 31.4. The second-order valence-corrected chi connectivity index (χ2v) is 4.00. The standard InChI is InChI=1S/C9H15N3O3/c1-6-8(13)11-3-2-10-4-7(11)5-12(6)9(14)15/h6-7,10H,2-5H2,1H3,(H,14,15)/t6-,7?/m0/s1. The van der Waals surface area contributed by atoms with Crippen LogP contribution in [0.1, 0.15) is 6.92 Å². The summed E-state index contributed by atoms with van der Waals surface area (Å²) < 4.78 is 0. The van der Waals surface area contributed by atoms with E-state index in [0.717, 1.165) is 6.54 Å². The van der Waals surface area contributed by atoms with Crippen molar-refractivity contribution in [3.05, 3.63) is 0 Å². The van der Waals surface area contributed by atoms with Gasteiger partial charge in [0.25, 0.3) is 0 Å². The van der Waals surface area contributed by atoms with Crippen LogP contribution in [0.3, 0.4) is 0 Å². The summed E-state index contributed by atoms with van der Waals surface area (Å²) in [7, 11) is 0. The Morgan fingerprint density at radius 3 is 3.00 bits per heavy atom. The molecule has 0 radical (unpaired) electrons. The molecule has 0 aromatic carbocycles. The van der Waals surface area contributed by atoms with Crippen LogP contribution in [0.2, 0.25) is 0 Å². The summed E-state index contributed by atoms with van der Waals surface area (Å²) in [6.45, 7) is 4.22. The molecule has 6 heteroatoms. The topological polar surface area (TPSA) is 72.9 Å². The molecular formula is C9H15N3O3. The number of amides is 2. The van der Waals surface area contributed by atoms with Gasteiger partial charge in [0.05, 0.1) is 6.04 Å². The lowest BCUT2D eigenvalue weighted by molar-refractivity contribution is -0.144. The van der Waals surface area contributed by atoms with E-state index in [4.69, 9.17) is 5.11 Å². The predicted octanol–water partition coefficient (Wildman–Crippen LogP) is -0.831. The maximum absolute atomic E-state index is 11.9. The Bertz CT molecular complexity index is 294. The van der Waals surface area contributed by atoms with Crippen molar-refractivity contribution in [1.82, 2.24) is 15.1 Å². The minimum Gasteiger partial charge on any atom is -0.465 e. The predicted molar refractivity (Wildman–Crippen MR) is 52.6 cm³/mol. The van der Waals surface area contributed by atoms with Gasteiger partial charge >= 0.3 is 6.09 Å². The molecule has 2 fully saturated rings. The third-order valence-electron chi connectivity index (χ3n) is 3.11. The van der Waals surface area contributed by atoms with Crippen LogP contribution in [0.15, 0.2) is 0 Å². The number of hydrogen-bond donors (Lipinski definition) is 2. The summed E-state index contributed by atoms with van der Waals surface area (Å²) >= 11 is 0. The largest absolute Gasteiger partial charge is 0.465 e. The number of carbonyl (C=O) groups is 2. The Hall–Kier alpha value is -1.30.